The molecule has 0 spiro atoms. The first-order chi connectivity index (χ1) is 16.6. The van der Waals surface area contributed by atoms with Gasteiger partial charge in [0.2, 0.25) is 11.9 Å². The zero-order valence-electron chi connectivity index (χ0n) is 19.4. The Morgan fingerprint density at radius 2 is 1.76 bits per heavy atom. The number of aryl methyl sites for hydroxylation is 1. The van der Waals surface area contributed by atoms with E-state index in [1.165, 1.54) is 11.6 Å². The summed E-state index contributed by atoms with van der Waals surface area (Å²) >= 11 is 0. The maximum atomic E-state index is 13.8. The molecule has 4 aromatic rings. The molecule has 0 radical (unpaired) electrons. The topological polar surface area (TPSA) is 50.2 Å². The van der Waals surface area contributed by atoms with Crippen molar-refractivity contribution in [3.05, 3.63) is 95.3 Å². The molecule has 1 saturated heterocycles. The fraction of sp³-hybridized carbons (Fsp3) is 0.286. The largest absolute Gasteiger partial charge is 0.352 e. The smallest absolute Gasteiger partial charge is 0.223 e. The molecular weight excluding hydrogens is 427 g/mol. The second-order valence-electron chi connectivity index (χ2n) is 9.08. The van der Waals surface area contributed by atoms with Crippen molar-refractivity contribution >= 4 is 22.9 Å². The molecule has 6 heteroatoms. The van der Waals surface area contributed by atoms with Crippen LogP contribution in [0.4, 0.5) is 10.3 Å². The Morgan fingerprint density at radius 3 is 2.53 bits per heavy atom. The first-order valence-corrected chi connectivity index (χ1v) is 11.8. The summed E-state index contributed by atoms with van der Waals surface area (Å²) in [5.41, 5.74) is 5.18. The van der Waals surface area contributed by atoms with E-state index in [-0.39, 0.29) is 17.6 Å². The van der Waals surface area contributed by atoms with Gasteiger partial charge < -0.3 is 14.8 Å². The summed E-state index contributed by atoms with van der Waals surface area (Å²) in [5.74, 6) is 0.765. The van der Waals surface area contributed by atoms with Crippen LogP contribution in [0.3, 0.4) is 0 Å². The van der Waals surface area contributed by atoms with E-state index in [0.29, 0.717) is 13.1 Å². The number of aromatic nitrogens is 2. The Labute approximate surface area is 199 Å². The Hall–Kier alpha value is -3.67. The Kier molecular flexibility index (Phi) is 6.30. The molecule has 2 heterocycles. The highest BCUT2D eigenvalue weighted by Crippen LogP contribution is 2.28. The summed E-state index contributed by atoms with van der Waals surface area (Å²) < 4.78 is 16.0. The first kappa shape index (κ1) is 22.1. The maximum Gasteiger partial charge on any atom is 0.223 e. The van der Waals surface area contributed by atoms with E-state index in [1.807, 2.05) is 24.3 Å². The number of imidazole rings is 1. The van der Waals surface area contributed by atoms with E-state index in [1.54, 1.807) is 12.1 Å². The second kappa shape index (κ2) is 9.67. The third-order valence-electron chi connectivity index (χ3n) is 6.60. The fourth-order valence-electron chi connectivity index (χ4n) is 4.66. The van der Waals surface area contributed by atoms with Crippen LogP contribution in [0, 0.1) is 18.7 Å². The summed E-state index contributed by atoms with van der Waals surface area (Å²) in [5, 5.41) is 3.10. The number of para-hydroxylation sites is 2. The highest BCUT2D eigenvalue weighted by atomic mass is 19.1. The molecule has 3 aromatic carbocycles. The number of nitrogens with one attached hydrogen (secondary N) is 1. The van der Waals surface area contributed by atoms with Crippen molar-refractivity contribution in [1.29, 1.82) is 0 Å². The molecule has 1 aliphatic rings. The molecule has 0 unspecified atom stereocenters. The lowest BCUT2D eigenvalue weighted by Gasteiger charge is -2.32. The van der Waals surface area contributed by atoms with Crippen LogP contribution in [0.15, 0.2) is 72.8 Å². The van der Waals surface area contributed by atoms with Crippen LogP contribution >= 0.6 is 0 Å². The summed E-state index contributed by atoms with van der Waals surface area (Å²) in [6, 6.07) is 23.0. The number of nitrogens with zero attached hydrogens (tertiary/aromatic N) is 3. The van der Waals surface area contributed by atoms with Gasteiger partial charge in [0.15, 0.2) is 0 Å². The van der Waals surface area contributed by atoms with Crippen LogP contribution in [0.2, 0.25) is 0 Å². The number of piperidine rings is 1. The van der Waals surface area contributed by atoms with Gasteiger partial charge in [-0.2, -0.15) is 0 Å². The monoisotopic (exact) mass is 456 g/mol. The van der Waals surface area contributed by atoms with Crippen molar-refractivity contribution in [2.75, 3.05) is 18.0 Å². The number of rotatable bonds is 6. The number of hydrogen-bond donors (Lipinski definition) is 1. The van der Waals surface area contributed by atoms with Crippen molar-refractivity contribution in [2.24, 2.45) is 5.92 Å². The molecule has 1 amide bonds. The van der Waals surface area contributed by atoms with Gasteiger partial charge in [0.25, 0.3) is 0 Å². The number of halogens is 1. The number of benzene rings is 3. The highest BCUT2D eigenvalue weighted by molar-refractivity contribution is 5.80. The molecule has 1 aromatic heterocycles. The Morgan fingerprint density at radius 1 is 1.00 bits per heavy atom. The molecule has 1 fully saturated rings. The third kappa shape index (κ3) is 4.81. The number of anilines is 1. The molecular formula is C28H29FN4O. The fourth-order valence-corrected chi connectivity index (χ4v) is 4.66. The molecule has 1 aliphatic heterocycles. The van der Waals surface area contributed by atoms with E-state index in [0.717, 1.165) is 54.0 Å². The summed E-state index contributed by atoms with van der Waals surface area (Å²) in [4.78, 5) is 19.9. The number of fused-ring (bicyclic) bond motifs is 1. The first-order valence-electron chi connectivity index (χ1n) is 11.8. The van der Waals surface area contributed by atoms with Gasteiger partial charge >= 0.3 is 0 Å². The van der Waals surface area contributed by atoms with Crippen LogP contribution in [0.1, 0.15) is 29.5 Å². The van der Waals surface area contributed by atoms with Gasteiger partial charge in [0, 0.05) is 25.6 Å². The predicted molar refractivity (Wildman–Crippen MR) is 133 cm³/mol. The molecule has 0 aliphatic carbocycles. The van der Waals surface area contributed by atoms with Gasteiger partial charge in [-0.1, -0.05) is 54.1 Å². The molecule has 5 nitrogen and oxygen atoms in total. The maximum absolute atomic E-state index is 13.8. The summed E-state index contributed by atoms with van der Waals surface area (Å²) in [6.07, 6.45) is 1.56. The second-order valence-corrected chi connectivity index (χ2v) is 9.08. The average molecular weight is 457 g/mol. The van der Waals surface area contributed by atoms with Crippen LogP contribution < -0.4 is 10.2 Å². The van der Waals surface area contributed by atoms with Gasteiger partial charge in [-0.3, -0.25) is 4.79 Å². The minimum atomic E-state index is -0.235. The van der Waals surface area contributed by atoms with Crippen LogP contribution in [0.25, 0.3) is 11.0 Å². The van der Waals surface area contributed by atoms with Crippen LogP contribution in [-0.2, 0) is 17.9 Å². The summed E-state index contributed by atoms with van der Waals surface area (Å²) in [7, 11) is 0. The van der Waals surface area contributed by atoms with Crippen molar-refractivity contribution in [2.45, 2.75) is 32.9 Å². The van der Waals surface area contributed by atoms with E-state index in [9.17, 15) is 9.18 Å². The van der Waals surface area contributed by atoms with Crippen molar-refractivity contribution in [3.63, 3.8) is 0 Å². The van der Waals surface area contributed by atoms with E-state index in [4.69, 9.17) is 4.98 Å². The van der Waals surface area contributed by atoms with Crippen LogP contribution in [-0.4, -0.2) is 28.5 Å². The molecule has 34 heavy (non-hydrogen) atoms. The van der Waals surface area contributed by atoms with Gasteiger partial charge in [-0.25, -0.2) is 9.37 Å². The minimum absolute atomic E-state index is 0.00254. The number of hydrogen-bond acceptors (Lipinski definition) is 3. The Bertz CT molecular complexity index is 1290. The lowest BCUT2D eigenvalue weighted by atomic mass is 9.96. The molecule has 5 rings (SSSR count). The predicted octanol–water partition coefficient (Wildman–Crippen LogP) is 5.06. The number of carbonyl (C=O) groups is 1. The average Bonchev–Trinajstić information content (AvgIpc) is 3.22. The molecule has 0 bridgehead atoms. The minimum Gasteiger partial charge on any atom is -0.352 e. The SMILES string of the molecule is Cc1ccc(CNC(=O)C2CCN(c3nc4ccccc4n3Cc3cccc(F)c3)CC2)cc1. The van der Waals surface area contributed by atoms with Gasteiger partial charge in [0.1, 0.15) is 5.82 Å². The molecule has 1 N–H and O–H groups in total. The van der Waals surface area contributed by atoms with Gasteiger partial charge in [-0.05, 0) is 55.2 Å². The third-order valence-corrected chi connectivity index (χ3v) is 6.60. The molecule has 0 atom stereocenters. The zero-order valence-corrected chi connectivity index (χ0v) is 19.4. The normalized spacial score (nSPS) is 14.5. The van der Waals surface area contributed by atoms with E-state index >= 15 is 0 Å². The lowest BCUT2D eigenvalue weighted by Crippen LogP contribution is -2.41. The standard InChI is InChI=1S/C28H29FN4O/c1-20-9-11-21(12-10-20)18-30-27(34)23-13-15-32(16-14-23)28-31-25-7-2-3-8-26(25)33(28)19-22-5-4-6-24(29)17-22/h2-12,17,23H,13-16,18-19H2,1H3,(H,30,34). The van der Waals surface area contributed by atoms with Gasteiger partial charge in [-0.15, -0.1) is 0 Å². The van der Waals surface area contributed by atoms with Crippen molar-refractivity contribution in [3.8, 4) is 0 Å². The Balaban J connectivity index is 1.28. The van der Waals surface area contributed by atoms with E-state index in [2.05, 4.69) is 52.0 Å². The summed E-state index contributed by atoms with van der Waals surface area (Å²) in [6.45, 7) is 4.68. The lowest BCUT2D eigenvalue weighted by molar-refractivity contribution is -0.125. The van der Waals surface area contributed by atoms with Crippen LogP contribution in [0.5, 0.6) is 0 Å². The zero-order chi connectivity index (χ0) is 23.5. The van der Waals surface area contributed by atoms with Gasteiger partial charge in [0.05, 0.1) is 17.6 Å². The number of carbonyl (C=O) groups excluding carboxylic acids is 1. The molecule has 0 saturated carbocycles. The van der Waals surface area contributed by atoms with E-state index < -0.39 is 0 Å². The number of amides is 1. The van der Waals surface area contributed by atoms with Crippen molar-refractivity contribution in [1.82, 2.24) is 14.9 Å². The quantitative estimate of drug-likeness (QED) is 0.441. The highest BCUT2D eigenvalue weighted by Gasteiger charge is 2.27. The molecule has 174 valence electrons. The van der Waals surface area contributed by atoms with Crippen molar-refractivity contribution < 1.29 is 9.18 Å².